The number of rotatable bonds is 3. The highest BCUT2D eigenvalue weighted by molar-refractivity contribution is 5.96. The van der Waals surface area contributed by atoms with Gasteiger partial charge in [0.05, 0.1) is 11.0 Å². The second-order valence-electron chi connectivity index (χ2n) is 5.54. The Labute approximate surface area is 132 Å². The third-order valence-corrected chi connectivity index (χ3v) is 3.93. The van der Waals surface area contributed by atoms with Crippen LogP contribution >= 0.6 is 0 Å². The maximum atomic E-state index is 12.1. The van der Waals surface area contributed by atoms with Crippen molar-refractivity contribution >= 4 is 22.6 Å². The molecule has 1 saturated heterocycles. The standard InChI is InChI=1S/C17H16N4O2/c22-17(15-2-1-9-23-15)19-12-3-4-13-14(10-12)21-16(20-13)11-5-7-18-8-6-11/h3-8,10,15H,1-2,9H2,(H,19,22)(H,20,21)/t15-/m0/s1. The zero-order valence-corrected chi connectivity index (χ0v) is 12.5. The van der Waals surface area contributed by atoms with Crippen molar-refractivity contribution in [1.29, 1.82) is 0 Å². The van der Waals surface area contributed by atoms with E-state index in [1.54, 1.807) is 12.4 Å². The number of benzene rings is 1. The summed E-state index contributed by atoms with van der Waals surface area (Å²) in [6, 6.07) is 9.43. The van der Waals surface area contributed by atoms with Crippen LogP contribution in [0.1, 0.15) is 12.8 Å². The van der Waals surface area contributed by atoms with Gasteiger partial charge in [0.15, 0.2) is 0 Å². The molecular formula is C17H16N4O2. The smallest absolute Gasteiger partial charge is 0.253 e. The fraction of sp³-hybridized carbons (Fsp3) is 0.235. The van der Waals surface area contributed by atoms with E-state index in [4.69, 9.17) is 4.74 Å². The van der Waals surface area contributed by atoms with Crippen LogP contribution < -0.4 is 5.32 Å². The number of anilines is 1. The highest BCUT2D eigenvalue weighted by atomic mass is 16.5. The first-order chi connectivity index (χ1) is 11.3. The first kappa shape index (κ1) is 13.9. The van der Waals surface area contributed by atoms with Gasteiger partial charge in [-0.3, -0.25) is 9.78 Å². The van der Waals surface area contributed by atoms with Crippen molar-refractivity contribution in [1.82, 2.24) is 15.0 Å². The zero-order chi connectivity index (χ0) is 15.6. The molecule has 1 aliphatic heterocycles. The average molecular weight is 308 g/mol. The summed E-state index contributed by atoms with van der Waals surface area (Å²) in [6.45, 7) is 0.660. The molecule has 23 heavy (non-hydrogen) atoms. The van der Waals surface area contributed by atoms with Crippen LogP contribution in [-0.2, 0) is 9.53 Å². The number of pyridine rings is 1. The number of imidazole rings is 1. The van der Waals surface area contributed by atoms with Gasteiger partial charge in [0.1, 0.15) is 11.9 Å². The number of nitrogens with zero attached hydrogens (tertiary/aromatic N) is 2. The molecule has 1 amide bonds. The number of aromatic nitrogens is 3. The van der Waals surface area contributed by atoms with Gasteiger partial charge >= 0.3 is 0 Å². The number of nitrogens with one attached hydrogen (secondary N) is 2. The summed E-state index contributed by atoms with van der Waals surface area (Å²) in [5, 5.41) is 2.90. The summed E-state index contributed by atoms with van der Waals surface area (Å²) in [7, 11) is 0. The first-order valence-corrected chi connectivity index (χ1v) is 7.62. The van der Waals surface area contributed by atoms with Crippen molar-refractivity contribution < 1.29 is 9.53 Å². The van der Waals surface area contributed by atoms with Gasteiger partial charge in [0, 0.05) is 30.3 Å². The molecule has 1 aromatic carbocycles. The highest BCUT2D eigenvalue weighted by Crippen LogP contribution is 2.23. The van der Waals surface area contributed by atoms with E-state index < -0.39 is 0 Å². The number of amides is 1. The number of carbonyl (C=O) groups is 1. The van der Waals surface area contributed by atoms with Gasteiger partial charge < -0.3 is 15.0 Å². The predicted octanol–water partition coefficient (Wildman–Crippen LogP) is 2.74. The summed E-state index contributed by atoms with van der Waals surface area (Å²) >= 11 is 0. The zero-order valence-electron chi connectivity index (χ0n) is 12.5. The van der Waals surface area contributed by atoms with Crippen molar-refractivity contribution in [2.45, 2.75) is 18.9 Å². The molecule has 4 rings (SSSR count). The number of hydrogen-bond donors (Lipinski definition) is 2. The number of fused-ring (bicyclic) bond motifs is 1. The van der Waals surface area contributed by atoms with Crippen molar-refractivity contribution in [3.05, 3.63) is 42.7 Å². The van der Waals surface area contributed by atoms with E-state index in [-0.39, 0.29) is 12.0 Å². The van der Waals surface area contributed by atoms with Gasteiger partial charge in [0.25, 0.3) is 5.91 Å². The molecule has 6 heteroatoms. The molecule has 0 bridgehead atoms. The predicted molar refractivity (Wildman–Crippen MR) is 86.9 cm³/mol. The summed E-state index contributed by atoms with van der Waals surface area (Å²) in [6.07, 6.45) is 4.85. The van der Waals surface area contributed by atoms with Crippen molar-refractivity contribution in [3.63, 3.8) is 0 Å². The minimum absolute atomic E-state index is 0.0873. The van der Waals surface area contributed by atoms with E-state index in [9.17, 15) is 4.79 Å². The fourth-order valence-corrected chi connectivity index (χ4v) is 2.74. The van der Waals surface area contributed by atoms with Crippen LogP contribution in [0.5, 0.6) is 0 Å². The quantitative estimate of drug-likeness (QED) is 0.779. The molecule has 6 nitrogen and oxygen atoms in total. The fourth-order valence-electron chi connectivity index (χ4n) is 2.74. The molecular weight excluding hydrogens is 292 g/mol. The molecule has 1 fully saturated rings. The molecule has 0 spiro atoms. The summed E-state index contributed by atoms with van der Waals surface area (Å²) in [5.74, 6) is 0.695. The van der Waals surface area contributed by atoms with E-state index in [0.717, 1.165) is 41.0 Å². The number of aromatic amines is 1. The average Bonchev–Trinajstić information content (AvgIpc) is 3.25. The van der Waals surface area contributed by atoms with E-state index in [1.165, 1.54) is 0 Å². The van der Waals surface area contributed by atoms with Gasteiger partial charge in [-0.2, -0.15) is 0 Å². The molecule has 0 unspecified atom stereocenters. The van der Waals surface area contributed by atoms with Crippen molar-refractivity contribution in [2.75, 3.05) is 11.9 Å². The Morgan fingerprint density at radius 1 is 1.26 bits per heavy atom. The lowest BCUT2D eigenvalue weighted by molar-refractivity contribution is -0.124. The number of ether oxygens (including phenoxy) is 1. The maximum absolute atomic E-state index is 12.1. The third-order valence-electron chi connectivity index (χ3n) is 3.93. The Morgan fingerprint density at radius 2 is 2.13 bits per heavy atom. The van der Waals surface area contributed by atoms with Crippen molar-refractivity contribution in [3.8, 4) is 11.4 Å². The lowest BCUT2D eigenvalue weighted by Crippen LogP contribution is -2.26. The van der Waals surface area contributed by atoms with Gasteiger partial charge in [-0.05, 0) is 43.2 Å². The second kappa shape index (κ2) is 5.81. The number of hydrogen-bond acceptors (Lipinski definition) is 4. The number of H-pyrrole nitrogens is 1. The molecule has 116 valence electrons. The highest BCUT2D eigenvalue weighted by Gasteiger charge is 2.23. The summed E-state index contributed by atoms with van der Waals surface area (Å²) in [4.78, 5) is 24.0. The van der Waals surface area contributed by atoms with Crippen molar-refractivity contribution in [2.24, 2.45) is 0 Å². The monoisotopic (exact) mass is 308 g/mol. The van der Waals surface area contributed by atoms with Crippen LogP contribution in [0.15, 0.2) is 42.7 Å². The Kier molecular flexibility index (Phi) is 3.51. The van der Waals surface area contributed by atoms with E-state index in [0.29, 0.717) is 6.61 Å². The van der Waals surface area contributed by atoms with Gasteiger partial charge in [-0.25, -0.2) is 4.98 Å². The van der Waals surface area contributed by atoms with Gasteiger partial charge in [0.2, 0.25) is 0 Å². The van der Waals surface area contributed by atoms with Crippen LogP contribution in [0.25, 0.3) is 22.4 Å². The molecule has 1 atom stereocenters. The molecule has 0 saturated carbocycles. The normalized spacial score (nSPS) is 17.5. The second-order valence-corrected chi connectivity index (χ2v) is 5.54. The Morgan fingerprint density at radius 3 is 2.91 bits per heavy atom. The lowest BCUT2D eigenvalue weighted by Gasteiger charge is -2.10. The van der Waals surface area contributed by atoms with Gasteiger partial charge in [-0.15, -0.1) is 0 Å². The lowest BCUT2D eigenvalue weighted by atomic mass is 10.2. The summed E-state index contributed by atoms with van der Waals surface area (Å²) in [5.41, 5.74) is 3.44. The van der Waals surface area contributed by atoms with Crippen LogP contribution in [-0.4, -0.2) is 33.6 Å². The van der Waals surface area contributed by atoms with E-state index in [2.05, 4.69) is 20.3 Å². The minimum atomic E-state index is -0.333. The Balaban J connectivity index is 1.59. The maximum Gasteiger partial charge on any atom is 0.253 e. The molecule has 2 N–H and O–H groups in total. The van der Waals surface area contributed by atoms with E-state index in [1.807, 2.05) is 30.3 Å². The molecule has 0 aliphatic carbocycles. The van der Waals surface area contributed by atoms with E-state index >= 15 is 0 Å². The van der Waals surface area contributed by atoms with Gasteiger partial charge in [-0.1, -0.05) is 0 Å². The molecule has 1 aliphatic rings. The summed E-state index contributed by atoms with van der Waals surface area (Å²) < 4.78 is 5.40. The van der Waals surface area contributed by atoms with Crippen LogP contribution in [0.2, 0.25) is 0 Å². The Bertz CT molecular complexity index is 838. The third kappa shape index (κ3) is 2.80. The SMILES string of the molecule is O=C(Nc1ccc2nc(-c3ccncc3)[nH]c2c1)[C@@H]1CCCO1. The largest absolute Gasteiger partial charge is 0.368 e. The topological polar surface area (TPSA) is 79.9 Å². The van der Waals surface area contributed by atoms with Crippen LogP contribution in [0, 0.1) is 0 Å². The molecule has 0 radical (unpaired) electrons. The molecule has 3 heterocycles. The Hall–Kier alpha value is -2.73. The van der Waals surface area contributed by atoms with Crippen LogP contribution in [0.3, 0.4) is 0 Å². The van der Waals surface area contributed by atoms with Crippen LogP contribution in [0.4, 0.5) is 5.69 Å². The first-order valence-electron chi connectivity index (χ1n) is 7.62. The number of carbonyl (C=O) groups excluding carboxylic acids is 1. The minimum Gasteiger partial charge on any atom is -0.368 e. The molecule has 3 aromatic rings. The molecule has 2 aromatic heterocycles.